The summed E-state index contributed by atoms with van der Waals surface area (Å²) in [6, 6.07) is 7.23. The van der Waals surface area contributed by atoms with E-state index in [4.69, 9.17) is 4.74 Å². The van der Waals surface area contributed by atoms with Gasteiger partial charge in [-0.05, 0) is 32.9 Å². The molecule has 0 spiro atoms. The second-order valence-corrected chi connectivity index (χ2v) is 8.29. The highest BCUT2D eigenvalue weighted by Crippen LogP contribution is 2.30. The summed E-state index contributed by atoms with van der Waals surface area (Å²) in [5.41, 5.74) is 3.08. The number of hydrogen-bond donors (Lipinski definition) is 3. The summed E-state index contributed by atoms with van der Waals surface area (Å²) in [6.45, 7) is 5.80. The number of aromatic nitrogens is 2. The molecule has 0 bridgehead atoms. The van der Waals surface area contributed by atoms with E-state index in [1.165, 1.54) is 28.7 Å². The van der Waals surface area contributed by atoms with Gasteiger partial charge in [0.15, 0.2) is 4.34 Å². The molecule has 2 aromatic rings. The average Bonchev–Trinajstić information content (AvgIpc) is 3.09. The van der Waals surface area contributed by atoms with Gasteiger partial charge in [0.05, 0.1) is 18.2 Å². The Bertz CT molecular complexity index is 895. The summed E-state index contributed by atoms with van der Waals surface area (Å²) in [5.74, 6) is -0.0532. The Labute approximate surface area is 171 Å². The van der Waals surface area contributed by atoms with Crippen LogP contribution in [0, 0.1) is 6.92 Å². The molecule has 0 saturated carbocycles. The molecule has 0 radical (unpaired) electrons. The van der Waals surface area contributed by atoms with Gasteiger partial charge in [-0.2, -0.15) is 0 Å². The fourth-order valence-corrected chi connectivity index (χ4v) is 4.35. The summed E-state index contributed by atoms with van der Waals surface area (Å²) in [6.07, 6.45) is 0. The normalized spacial score (nSPS) is 16.4. The van der Waals surface area contributed by atoms with Gasteiger partial charge in [-0.15, -0.1) is 10.2 Å². The number of aryl methyl sites for hydroxylation is 1. The van der Waals surface area contributed by atoms with Crippen molar-refractivity contribution in [3.05, 3.63) is 41.1 Å². The molecule has 0 unspecified atom stereocenters. The molecular weight excluding hydrogens is 398 g/mol. The fraction of sp³-hybridized carbons (Fsp3) is 0.333. The monoisotopic (exact) mass is 419 g/mol. The maximum Gasteiger partial charge on any atom is 0.337 e. The van der Waals surface area contributed by atoms with Gasteiger partial charge < -0.3 is 20.7 Å². The van der Waals surface area contributed by atoms with Crippen LogP contribution in [0.1, 0.15) is 19.4 Å². The number of benzene rings is 1. The van der Waals surface area contributed by atoms with E-state index in [1.807, 2.05) is 31.2 Å². The molecule has 0 aliphatic carbocycles. The number of carbonyl (C=O) groups excluding carboxylic acids is 2. The molecule has 10 heteroatoms. The molecule has 1 atom stereocenters. The number of rotatable bonds is 7. The Morgan fingerprint density at radius 2 is 2.07 bits per heavy atom. The van der Waals surface area contributed by atoms with Gasteiger partial charge >= 0.3 is 12.0 Å². The van der Waals surface area contributed by atoms with E-state index in [9.17, 15) is 9.59 Å². The molecule has 3 rings (SSSR count). The van der Waals surface area contributed by atoms with Crippen molar-refractivity contribution in [1.82, 2.24) is 20.8 Å². The van der Waals surface area contributed by atoms with Crippen molar-refractivity contribution in [2.24, 2.45) is 0 Å². The first-order chi connectivity index (χ1) is 13.5. The van der Waals surface area contributed by atoms with Crippen molar-refractivity contribution >= 4 is 45.9 Å². The minimum atomic E-state index is -0.433. The quantitative estimate of drug-likeness (QED) is 0.467. The topological polar surface area (TPSA) is 105 Å². The number of anilines is 2. The van der Waals surface area contributed by atoms with Gasteiger partial charge in [-0.25, -0.2) is 9.59 Å². The third kappa shape index (κ3) is 5.02. The number of urea groups is 1. The third-order valence-corrected chi connectivity index (χ3v) is 5.91. The molecule has 0 fully saturated rings. The molecule has 1 aliphatic rings. The van der Waals surface area contributed by atoms with E-state index in [0.29, 0.717) is 22.2 Å². The summed E-state index contributed by atoms with van der Waals surface area (Å²) in [5, 5.41) is 17.6. The average molecular weight is 420 g/mol. The predicted octanol–water partition coefficient (Wildman–Crippen LogP) is 3.20. The summed E-state index contributed by atoms with van der Waals surface area (Å²) < 4.78 is 5.84. The number of nitrogens with zero attached hydrogens (tertiary/aromatic N) is 2. The van der Waals surface area contributed by atoms with Gasteiger partial charge in [0, 0.05) is 17.1 Å². The second-order valence-electron chi connectivity index (χ2n) is 6.09. The van der Waals surface area contributed by atoms with E-state index in [1.54, 1.807) is 13.8 Å². The van der Waals surface area contributed by atoms with Crippen molar-refractivity contribution in [1.29, 1.82) is 0 Å². The van der Waals surface area contributed by atoms with Gasteiger partial charge in [0.25, 0.3) is 0 Å². The zero-order chi connectivity index (χ0) is 20.1. The van der Waals surface area contributed by atoms with Crippen molar-refractivity contribution < 1.29 is 14.3 Å². The van der Waals surface area contributed by atoms with Crippen LogP contribution in [-0.2, 0) is 9.53 Å². The molecule has 1 aliphatic heterocycles. The largest absolute Gasteiger partial charge is 0.463 e. The highest BCUT2D eigenvalue weighted by molar-refractivity contribution is 8.01. The molecule has 28 heavy (non-hydrogen) atoms. The smallest absolute Gasteiger partial charge is 0.337 e. The van der Waals surface area contributed by atoms with Crippen LogP contribution in [0.3, 0.4) is 0 Å². The first kappa shape index (κ1) is 20.2. The van der Waals surface area contributed by atoms with Gasteiger partial charge in [0.1, 0.15) is 0 Å². The lowest BCUT2D eigenvalue weighted by Gasteiger charge is -2.26. The summed E-state index contributed by atoms with van der Waals surface area (Å²) >= 11 is 2.81. The van der Waals surface area contributed by atoms with Crippen LogP contribution < -0.4 is 16.0 Å². The minimum Gasteiger partial charge on any atom is -0.463 e. The Hall–Kier alpha value is -2.59. The van der Waals surface area contributed by atoms with Crippen LogP contribution in [-0.4, -0.2) is 40.6 Å². The Balaban J connectivity index is 1.68. The molecule has 1 aromatic heterocycles. The molecule has 2 heterocycles. The van der Waals surface area contributed by atoms with Gasteiger partial charge in [-0.3, -0.25) is 0 Å². The molecule has 0 saturated heterocycles. The second kappa shape index (κ2) is 9.07. The van der Waals surface area contributed by atoms with Gasteiger partial charge in [-0.1, -0.05) is 40.8 Å². The Kier molecular flexibility index (Phi) is 6.53. The highest BCUT2D eigenvalue weighted by Gasteiger charge is 2.29. The maximum atomic E-state index is 12.3. The number of hydrogen-bond acceptors (Lipinski definition) is 8. The zero-order valence-electron chi connectivity index (χ0n) is 15.7. The number of thioether (sulfide) groups is 1. The molecule has 148 valence electrons. The third-order valence-electron chi connectivity index (χ3n) is 3.91. The number of carbonyl (C=O) groups is 2. The molecule has 3 N–H and O–H groups in total. The van der Waals surface area contributed by atoms with Crippen molar-refractivity contribution in [3.8, 4) is 0 Å². The van der Waals surface area contributed by atoms with Gasteiger partial charge in [0.2, 0.25) is 5.13 Å². The molecule has 8 nitrogen and oxygen atoms in total. The van der Waals surface area contributed by atoms with Crippen LogP contribution in [0.5, 0.6) is 0 Å². The molecule has 2 amide bonds. The standard InChI is InChI=1S/C18H21N5O3S2/c1-4-26-15(24)14-11(3)19-16(25)21-13(14)9-27-18-23-22-17(28-18)20-12-7-5-10(2)6-8-12/h5-8,11H,4,9H2,1-3H3,(H,20,22)(H2,19,21,25)/t11-/m1/s1. The first-order valence-electron chi connectivity index (χ1n) is 8.74. The van der Waals surface area contributed by atoms with E-state index >= 15 is 0 Å². The van der Waals surface area contributed by atoms with E-state index in [-0.39, 0.29) is 12.6 Å². The lowest BCUT2D eigenvalue weighted by atomic mass is 10.1. The summed E-state index contributed by atoms with van der Waals surface area (Å²) in [7, 11) is 0. The van der Waals surface area contributed by atoms with Crippen LogP contribution in [0.4, 0.5) is 15.6 Å². The number of ether oxygens (including phenoxy) is 1. The lowest BCUT2D eigenvalue weighted by Crippen LogP contribution is -2.49. The molecule has 1 aromatic carbocycles. The lowest BCUT2D eigenvalue weighted by molar-refractivity contribution is -0.138. The van der Waals surface area contributed by atoms with Crippen LogP contribution in [0.15, 0.2) is 39.9 Å². The number of nitrogens with one attached hydrogen (secondary N) is 3. The number of amides is 2. The van der Waals surface area contributed by atoms with Crippen LogP contribution in [0.25, 0.3) is 0 Å². The minimum absolute atomic E-state index is 0.272. The van der Waals surface area contributed by atoms with Crippen molar-refractivity contribution in [2.45, 2.75) is 31.2 Å². The van der Waals surface area contributed by atoms with Crippen molar-refractivity contribution in [3.63, 3.8) is 0 Å². The maximum absolute atomic E-state index is 12.3. The Morgan fingerprint density at radius 3 is 2.79 bits per heavy atom. The number of esters is 1. The fourth-order valence-electron chi connectivity index (χ4n) is 2.61. The van der Waals surface area contributed by atoms with Crippen LogP contribution >= 0.6 is 23.1 Å². The van der Waals surface area contributed by atoms with Crippen LogP contribution in [0.2, 0.25) is 0 Å². The van der Waals surface area contributed by atoms with Crippen molar-refractivity contribution in [2.75, 3.05) is 17.7 Å². The Morgan fingerprint density at radius 1 is 1.32 bits per heavy atom. The predicted molar refractivity (Wildman–Crippen MR) is 110 cm³/mol. The first-order valence-corrected chi connectivity index (χ1v) is 10.5. The highest BCUT2D eigenvalue weighted by atomic mass is 32.2. The summed E-state index contributed by atoms with van der Waals surface area (Å²) in [4.78, 5) is 24.1. The SMILES string of the molecule is CCOC(=O)C1=C(CSc2nnc(Nc3ccc(C)cc3)s2)NC(=O)N[C@@H]1C. The van der Waals surface area contributed by atoms with E-state index < -0.39 is 12.0 Å². The van der Waals surface area contributed by atoms with E-state index in [0.717, 1.165) is 10.0 Å². The zero-order valence-corrected chi connectivity index (χ0v) is 17.4. The molecular formula is C18H21N5O3S2. The van der Waals surface area contributed by atoms with E-state index in [2.05, 4.69) is 26.1 Å².